The van der Waals surface area contributed by atoms with Crippen molar-refractivity contribution in [1.82, 2.24) is 9.21 Å². The predicted molar refractivity (Wildman–Crippen MR) is 216 cm³/mol. The third kappa shape index (κ3) is 8.75. The van der Waals surface area contributed by atoms with Gasteiger partial charge in [0.15, 0.2) is 0 Å². The summed E-state index contributed by atoms with van der Waals surface area (Å²) < 4.78 is 35.4. The molecule has 2 unspecified atom stereocenters. The average molecular weight is 784 g/mol. The first kappa shape index (κ1) is 36.3. The number of benzene rings is 6. The van der Waals surface area contributed by atoms with Crippen molar-refractivity contribution in [2.45, 2.75) is 0 Å². The number of nitrogens with zero attached hydrogens (tertiary/aromatic N) is 3. The van der Waals surface area contributed by atoms with Crippen molar-refractivity contribution < 1.29 is 27.8 Å². The summed E-state index contributed by atoms with van der Waals surface area (Å²) in [4.78, 5) is 13.4. The van der Waals surface area contributed by atoms with Gasteiger partial charge in [-0.15, -0.1) is 4.52 Å². The van der Waals surface area contributed by atoms with Gasteiger partial charge in [0.1, 0.15) is 34.5 Å². The van der Waals surface area contributed by atoms with Gasteiger partial charge in [0.05, 0.1) is 0 Å². The van der Waals surface area contributed by atoms with Crippen LogP contribution in [0.25, 0.3) is 0 Å². The highest BCUT2D eigenvalue weighted by molar-refractivity contribution is 7.78. The average Bonchev–Trinajstić information content (AvgIpc) is 3.16. The maximum atomic E-state index is 6.87. The van der Waals surface area contributed by atoms with Gasteiger partial charge < -0.3 is 62.2 Å². The molecule has 15 nitrogen and oxygen atoms in total. The molecular formula is C36H36N9O6P3. The van der Waals surface area contributed by atoms with Crippen LogP contribution in [0.2, 0.25) is 0 Å². The first-order valence-electron chi connectivity index (χ1n) is 16.2. The molecule has 1 aliphatic rings. The SMILES string of the molecule is Nc1ccc(ON2P(Oc3ccc(N)cc3)N=P(Oc3ccc(N)cc3)(Oc3ccc(N)cc3)N(Oc3ccc(N)cc3)P2Oc2ccc(N)cc2)cc1. The van der Waals surface area contributed by atoms with Crippen molar-refractivity contribution >= 4 is 58.7 Å². The Bertz CT molecular complexity index is 2170. The Morgan fingerprint density at radius 1 is 0.389 bits per heavy atom. The highest BCUT2D eigenvalue weighted by atomic mass is 31.3. The molecule has 276 valence electrons. The van der Waals surface area contributed by atoms with Gasteiger partial charge in [-0.1, -0.05) is 0 Å². The number of rotatable bonds is 12. The van der Waals surface area contributed by atoms with Gasteiger partial charge >= 0.3 is 24.6 Å². The Kier molecular flexibility index (Phi) is 10.7. The molecule has 0 saturated carbocycles. The topological polar surface area (TPSA) is 230 Å². The number of nitrogens with two attached hydrogens (primary N) is 6. The largest absolute Gasteiger partial charge is 0.447 e. The molecule has 54 heavy (non-hydrogen) atoms. The predicted octanol–water partition coefficient (Wildman–Crippen LogP) is 8.80. The summed E-state index contributed by atoms with van der Waals surface area (Å²) in [6.07, 6.45) is 0. The molecule has 2 atom stereocenters. The molecule has 0 fully saturated rings. The molecule has 6 aromatic rings. The first-order valence-corrected chi connectivity index (χ1v) is 20.0. The lowest BCUT2D eigenvalue weighted by Crippen LogP contribution is -2.37. The van der Waals surface area contributed by atoms with Crippen molar-refractivity contribution in [2.75, 3.05) is 34.4 Å². The normalized spacial score (nSPS) is 16.7. The summed E-state index contributed by atoms with van der Waals surface area (Å²) in [5.41, 5.74) is 39.5. The highest BCUT2D eigenvalue weighted by Gasteiger charge is 2.58. The first-order chi connectivity index (χ1) is 26.1. The van der Waals surface area contributed by atoms with Crippen molar-refractivity contribution in [1.29, 1.82) is 0 Å². The van der Waals surface area contributed by atoms with E-state index in [1.54, 1.807) is 146 Å². The van der Waals surface area contributed by atoms with Crippen LogP contribution in [0.3, 0.4) is 0 Å². The Labute approximate surface area is 313 Å². The number of hydrogen-bond acceptors (Lipinski definition) is 15. The van der Waals surface area contributed by atoms with Crippen LogP contribution in [0.5, 0.6) is 34.5 Å². The van der Waals surface area contributed by atoms with Crippen LogP contribution in [0, 0.1) is 0 Å². The van der Waals surface area contributed by atoms with E-state index in [4.69, 9.17) is 66.7 Å². The van der Waals surface area contributed by atoms with Gasteiger partial charge in [0, 0.05) is 43.3 Å². The molecule has 0 bridgehead atoms. The van der Waals surface area contributed by atoms with Gasteiger partial charge in [-0.05, 0) is 146 Å². The van der Waals surface area contributed by atoms with Crippen LogP contribution in [-0.4, -0.2) is 9.21 Å². The Hall–Kier alpha value is -6.07. The zero-order valence-corrected chi connectivity index (χ0v) is 31.1. The van der Waals surface area contributed by atoms with E-state index in [1.807, 2.05) is 0 Å². The summed E-state index contributed by atoms with van der Waals surface area (Å²) in [5, 5.41) is 0. The van der Waals surface area contributed by atoms with Gasteiger partial charge in [-0.25, -0.2) is 0 Å². The second-order valence-corrected chi connectivity index (χ2v) is 17.1. The maximum absolute atomic E-state index is 6.87. The molecule has 6 aromatic carbocycles. The molecule has 0 saturated heterocycles. The molecule has 0 amide bonds. The second kappa shape index (κ2) is 15.9. The quantitative estimate of drug-likeness (QED) is 0.0503. The molecule has 0 aromatic heterocycles. The maximum Gasteiger partial charge on any atom is 0.447 e. The lowest BCUT2D eigenvalue weighted by molar-refractivity contribution is 0.0546. The lowest BCUT2D eigenvalue weighted by Gasteiger charge is -2.43. The molecule has 7 rings (SSSR count). The van der Waals surface area contributed by atoms with E-state index < -0.39 is 24.6 Å². The molecule has 1 heterocycles. The van der Waals surface area contributed by atoms with Crippen LogP contribution in [0.4, 0.5) is 34.1 Å². The number of nitrogen functional groups attached to an aromatic ring is 6. The summed E-state index contributed by atoms with van der Waals surface area (Å²) in [6.45, 7) is 0. The van der Waals surface area contributed by atoms with Crippen LogP contribution < -0.4 is 62.2 Å². The highest BCUT2D eigenvalue weighted by Crippen LogP contribution is 2.77. The molecule has 0 spiro atoms. The minimum atomic E-state index is -3.97. The van der Waals surface area contributed by atoms with Crippen LogP contribution in [0.15, 0.2) is 150 Å². The molecule has 12 N–H and O–H groups in total. The summed E-state index contributed by atoms with van der Waals surface area (Å²) in [7, 11) is -8.54. The standard InChI is InChI=1S/C36H36N9O6P3/c37-25-1-13-31(14-2-25)46-44-52(48-33-17-5-27(39)6-18-33)43-54(50-35-21-9-29(41)10-22-35,51-36-23-11-30(42)12-24-36)45(47-32-15-3-26(38)4-16-32)53(44)49-34-19-7-28(40)8-20-34/h1-24H,37-42H2. The van der Waals surface area contributed by atoms with Gasteiger partial charge in [0.2, 0.25) is 0 Å². The fourth-order valence-corrected chi connectivity index (χ4v) is 12.1. The summed E-state index contributed by atoms with van der Waals surface area (Å²) in [6, 6.07) is 40.9. The third-order valence-electron chi connectivity index (χ3n) is 7.32. The molecular weight excluding hydrogens is 747 g/mol. The van der Waals surface area contributed by atoms with Gasteiger partial charge in [-0.2, -0.15) is 0 Å². The van der Waals surface area contributed by atoms with Crippen LogP contribution in [0.1, 0.15) is 0 Å². The van der Waals surface area contributed by atoms with Crippen LogP contribution >= 0.6 is 24.6 Å². The van der Waals surface area contributed by atoms with Crippen molar-refractivity contribution in [2.24, 2.45) is 4.52 Å². The Morgan fingerprint density at radius 3 is 1.09 bits per heavy atom. The van der Waals surface area contributed by atoms with Gasteiger partial charge in [0.25, 0.3) is 0 Å². The fraction of sp³-hybridized carbons (Fsp3) is 0. The fourth-order valence-electron chi connectivity index (χ4n) is 4.62. The minimum absolute atomic E-state index is 0.358. The smallest absolute Gasteiger partial charge is 0.440 e. The third-order valence-corrected chi connectivity index (χ3v) is 14.2. The number of hydrogen-bond donors (Lipinski definition) is 6. The summed E-state index contributed by atoms with van der Waals surface area (Å²) >= 11 is 0. The van der Waals surface area contributed by atoms with E-state index in [-0.39, 0.29) is 0 Å². The zero-order valence-electron chi connectivity index (χ0n) is 28.5. The van der Waals surface area contributed by atoms with Crippen molar-refractivity contribution in [3.8, 4) is 34.5 Å². The van der Waals surface area contributed by atoms with E-state index >= 15 is 0 Å². The zero-order chi connectivity index (χ0) is 37.7. The van der Waals surface area contributed by atoms with Crippen LogP contribution in [-0.2, 0) is 0 Å². The molecule has 0 aliphatic carbocycles. The lowest BCUT2D eigenvalue weighted by atomic mass is 10.3. The second-order valence-electron chi connectivity index (χ2n) is 11.6. The Balaban J connectivity index is 1.48. The van der Waals surface area contributed by atoms with Gasteiger partial charge in [-0.3, -0.25) is 0 Å². The van der Waals surface area contributed by atoms with E-state index in [1.165, 1.54) is 9.21 Å². The van der Waals surface area contributed by atoms with E-state index in [9.17, 15) is 0 Å². The molecule has 0 radical (unpaired) electrons. The van der Waals surface area contributed by atoms with E-state index in [2.05, 4.69) is 0 Å². The summed E-state index contributed by atoms with van der Waals surface area (Å²) in [5.74, 6) is 2.32. The van der Waals surface area contributed by atoms with E-state index in [0.717, 1.165) is 0 Å². The Morgan fingerprint density at radius 2 is 0.704 bits per heavy atom. The van der Waals surface area contributed by atoms with Crippen molar-refractivity contribution in [3.63, 3.8) is 0 Å². The molecule has 18 heteroatoms. The molecule has 1 aliphatic heterocycles. The number of anilines is 6. The van der Waals surface area contributed by atoms with E-state index in [0.29, 0.717) is 68.6 Å². The van der Waals surface area contributed by atoms with Crippen molar-refractivity contribution in [3.05, 3.63) is 146 Å². The monoisotopic (exact) mass is 783 g/mol. The minimum Gasteiger partial charge on any atom is -0.440 e.